The summed E-state index contributed by atoms with van der Waals surface area (Å²) in [4.78, 5) is 2.44. The Morgan fingerprint density at radius 1 is 0.767 bits per heavy atom. The number of nitrogens with zero attached hydrogens (tertiary/aromatic N) is 3. The topological polar surface area (TPSA) is 18.8 Å². The second-order valence-electron chi connectivity index (χ2n) is 7.80. The van der Waals surface area contributed by atoms with Gasteiger partial charge in [-0.15, -0.1) is 0 Å². The minimum absolute atomic E-state index is 0.848. The third-order valence-electron chi connectivity index (χ3n) is 5.86. The highest BCUT2D eigenvalue weighted by molar-refractivity contribution is 6.31. The Kier molecular flexibility index (Phi) is 5.39. The molecule has 4 heteroatoms. The average molecular weight is 414 g/mol. The smallest absolute Gasteiger partial charge is 0.0555 e. The van der Waals surface area contributed by atoms with E-state index in [-0.39, 0.29) is 0 Å². The standard InChI is InChI=1S/C26H24ClN3/c27-26-12-6-3-9-22(26)19-29-13-15-30(16-14-29)28-18-25-23-10-4-1-7-20(23)17-21-8-2-5-11-24(21)25/h1-12,17-18H,13-16,19H2/b28-18-. The zero-order valence-corrected chi connectivity index (χ0v) is 17.6. The maximum Gasteiger partial charge on any atom is 0.0555 e. The van der Waals surface area contributed by atoms with Crippen molar-refractivity contribution in [2.45, 2.75) is 6.54 Å². The van der Waals surface area contributed by atoms with Crippen LogP contribution >= 0.6 is 11.6 Å². The van der Waals surface area contributed by atoms with Crippen LogP contribution < -0.4 is 0 Å². The van der Waals surface area contributed by atoms with E-state index in [9.17, 15) is 0 Å². The summed E-state index contributed by atoms with van der Waals surface area (Å²) in [6, 6.07) is 27.5. The lowest BCUT2D eigenvalue weighted by Crippen LogP contribution is -2.43. The Labute approximate surface area is 182 Å². The fraction of sp³-hybridized carbons (Fsp3) is 0.192. The van der Waals surface area contributed by atoms with Crippen molar-refractivity contribution in [3.63, 3.8) is 0 Å². The molecular formula is C26H24ClN3. The highest BCUT2D eigenvalue weighted by Gasteiger charge is 2.16. The molecule has 4 aromatic carbocycles. The lowest BCUT2D eigenvalue weighted by Gasteiger charge is -2.33. The number of rotatable bonds is 4. The normalized spacial score (nSPS) is 15.4. The fourth-order valence-corrected chi connectivity index (χ4v) is 4.40. The summed E-state index contributed by atoms with van der Waals surface area (Å²) in [6.45, 7) is 4.70. The van der Waals surface area contributed by atoms with E-state index >= 15 is 0 Å². The van der Waals surface area contributed by atoms with E-state index < -0.39 is 0 Å². The lowest BCUT2D eigenvalue weighted by molar-refractivity contribution is 0.131. The van der Waals surface area contributed by atoms with E-state index in [0.29, 0.717) is 0 Å². The van der Waals surface area contributed by atoms with Gasteiger partial charge in [-0.3, -0.25) is 9.91 Å². The van der Waals surface area contributed by atoms with Crippen LogP contribution in [-0.2, 0) is 6.54 Å². The van der Waals surface area contributed by atoms with Crippen molar-refractivity contribution in [3.05, 3.63) is 95.0 Å². The van der Waals surface area contributed by atoms with Gasteiger partial charge in [0.05, 0.1) is 6.21 Å². The first-order valence-electron chi connectivity index (χ1n) is 10.4. The van der Waals surface area contributed by atoms with Crippen molar-refractivity contribution in [3.8, 4) is 0 Å². The van der Waals surface area contributed by atoms with Crippen LogP contribution in [0.15, 0.2) is 84.0 Å². The summed E-state index contributed by atoms with van der Waals surface area (Å²) in [5, 5.41) is 12.9. The first-order valence-corrected chi connectivity index (χ1v) is 10.8. The number of halogens is 1. The van der Waals surface area contributed by atoms with E-state index in [0.717, 1.165) is 37.7 Å². The molecule has 0 atom stereocenters. The minimum atomic E-state index is 0.848. The monoisotopic (exact) mass is 413 g/mol. The van der Waals surface area contributed by atoms with Crippen molar-refractivity contribution >= 4 is 39.4 Å². The Morgan fingerprint density at radius 3 is 2.03 bits per heavy atom. The summed E-state index contributed by atoms with van der Waals surface area (Å²) in [6.07, 6.45) is 2.05. The summed E-state index contributed by atoms with van der Waals surface area (Å²) in [5.74, 6) is 0. The third kappa shape index (κ3) is 3.91. The number of fused-ring (bicyclic) bond motifs is 2. The lowest BCUT2D eigenvalue weighted by atomic mass is 9.97. The van der Waals surface area contributed by atoms with Crippen LogP contribution in [0.2, 0.25) is 5.02 Å². The van der Waals surface area contributed by atoms with E-state index in [1.165, 1.54) is 32.7 Å². The fourth-order valence-electron chi connectivity index (χ4n) is 4.21. The summed E-state index contributed by atoms with van der Waals surface area (Å²) < 4.78 is 0. The molecule has 0 spiro atoms. The molecule has 0 N–H and O–H groups in total. The molecule has 0 amide bonds. The van der Waals surface area contributed by atoms with Crippen molar-refractivity contribution in [2.24, 2.45) is 5.10 Å². The molecule has 3 nitrogen and oxygen atoms in total. The first kappa shape index (κ1) is 19.1. The molecule has 0 bridgehead atoms. The molecule has 0 saturated carbocycles. The molecule has 150 valence electrons. The van der Waals surface area contributed by atoms with Crippen molar-refractivity contribution < 1.29 is 0 Å². The van der Waals surface area contributed by atoms with Gasteiger partial charge in [0.25, 0.3) is 0 Å². The van der Waals surface area contributed by atoms with Crippen LogP contribution in [0.25, 0.3) is 21.5 Å². The molecule has 0 radical (unpaired) electrons. The number of benzene rings is 4. The summed E-state index contributed by atoms with van der Waals surface area (Å²) in [7, 11) is 0. The van der Waals surface area contributed by atoms with Crippen LogP contribution in [0.1, 0.15) is 11.1 Å². The van der Waals surface area contributed by atoms with Crippen LogP contribution in [0, 0.1) is 0 Å². The molecule has 0 aromatic heterocycles. The molecule has 30 heavy (non-hydrogen) atoms. The number of hydrazone groups is 1. The second kappa shape index (κ2) is 8.47. The number of hydrogen-bond donors (Lipinski definition) is 0. The van der Waals surface area contributed by atoms with Crippen molar-refractivity contribution in [1.82, 2.24) is 9.91 Å². The Morgan fingerprint density at radius 2 is 1.37 bits per heavy atom. The largest absolute Gasteiger partial charge is 0.295 e. The predicted molar refractivity (Wildman–Crippen MR) is 127 cm³/mol. The van der Waals surface area contributed by atoms with Gasteiger partial charge in [-0.25, -0.2) is 0 Å². The predicted octanol–water partition coefficient (Wildman–Crippen LogP) is 5.80. The molecule has 0 unspecified atom stereocenters. The second-order valence-corrected chi connectivity index (χ2v) is 8.21. The van der Waals surface area contributed by atoms with Gasteiger partial charge >= 0.3 is 0 Å². The van der Waals surface area contributed by atoms with Gasteiger partial charge in [0.1, 0.15) is 0 Å². The Balaban J connectivity index is 1.34. The van der Waals surface area contributed by atoms with Gasteiger partial charge in [-0.1, -0.05) is 78.3 Å². The summed E-state index contributed by atoms with van der Waals surface area (Å²) >= 11 is 6.32. The Bertz CT molecular complexity index is 1160. The zero-order chi connectivity index (χ0) is 20.3. The average Bonchev–Trinajstić information content (AvgIpc) is 2.79. The first-order chi connectivity index (χ1) is 14.8. The molecule has 0 aliphatic carbocycles. The molecule has 4 aromatic rings. The van der Waals surface area contributed by atoms with Crippen molar-refractivity contribution in [2.75, 3.05) is 26.2 Å². The van der Waals surface area contributed by atoms with Crippen LogP contribution in [0.5, 0.6) is 0 Å². The van der Waals surface area contributed by atoms with Gasteiger partial charge in [0.15, 0.2) is 0 Å². The van der Waals surface area contributed by atoms with E-state index in [1.807, 2.05) is 18.3 Å². The Hall–Kier alpha value is -2.88. The van der Waals surface area contributed by atoms with E-state index in [2.05, 4.69) is 76.6 Å². The maximum absolute atomic E-state index is 6.32. The molecule has 5 rings (SSSR count). The third-order valence-corrected chi connectivity index (χ3v) is 6.23. The minimum Gasteiger partial charge on any atom is -0.295 e. The summed E-state index contributed by atoms with van der Waals surface area (Å²) in [5.41, 5.74) is 2.39. The van der Waals surface area contributed by atoms with Gasteiger partial charge in [0.2, 0.25) is 0 Å². The maximum atomic E-state index is 6.32. The van der Waals surface area contributed by atoms with Crippen LogP contribution in [0.3, 0.4) is 0 Å². The molecule has 1 saturated heterocycles. The highest BCUT2D eigenvalue weighted by atomic mass is 35.5. The van der Waals surface area contributed by atoms with Gasteiger partial charge in [-0.05, 0) is 39.2 Å². The molecular weight excluding hydrogens is 390 g/mol. The van der Waals surface area contributed by atoms with E-state index in [4.69, 9.17) is 16.7 Å². The van der Waals surface area contributed by atoms with Crippen LogP contribution in [0.4, 0.5) is 0 Å². The van der Waals surface area contributed by atoms with Crippen molar-refractivity contribution in [1.29, 1.82) is 0 Å². The SMILES string of the molecule is Clc1ccccc1CN1CCN(/N=C\c2c3ccccc3cc3ccccc23)CC1. The zero-order valence-electron chi connectivity index (χ0n) is 16.8. The van der Waals surface area contributed by atoms with Gasteiger partial charge in [-0.2, -0.15) is 5.10 Å². The quantitative estimate of drug-likeness (QED) is 0.311. The molecule has 1 fully saturated rings. The number of hydrogen-bond acceptors (Lipinski definition) is 3. The highest BCUT2D eigenvalue weighted by Crippen LogP contribution is 2.27. The molecule has 1 aliphatic rings. The van der Waals surface area contributed by atoms with Gasteiger partial charge in [0, 0.05) is 43.3 Å². The van der Waals surface area contributed by atoms with E-state index in [1.54, 1.807) is 0 Å². The van der Waals surface area contributed by atoms with Crippen LogP contribution in [-0.4, -0.2) is 42.3 Å². The molecule has 1 heterocycles. The van der Waals surface area contributed by atoms with Gasteiger partial charge < -0.3 is 0 Å². The molecule has 1 aliphatic heterocycles. The number of piperazine rings is 1.